The summed E-state index contributed by atoms with van der Waals surface area (Å²) in [5.41, 5.74) is 7.92. The van der Waals surface area contributed by atoms with Crippen molar-refractivity contribution in [3.05, 3.63) is 83.7 Å². The molecule has 0 bridgehead atoms. The fourth-order valence-electron chi connectivity index (χ4n) is 3.44. The van der Waals surface area contributed by atoms with Gasteiger partial charge < -0.3 is 30.2 Å². The summed E-state index contributed by atoms with van der Waals surface area (Å²) in [6.07, 6.45) is 21.1. The number of amidine groups is 1. The lowest BCUT2D eigenvalue weighted by molar-refractivity contribution is 0.0682. The molecule has 0 saturated carbocycles. The second kappa shape index (κ2) is 18.1. The summed E-state index contributed by atoms with van der Waals surface area (Å²) in [5.74, 6) is 1.71. The van der Waals surface area contributed by atoms with Crippen molar-refractivity contribution in [3.63, 3.8) is 0 Å². The molecule has 3 N–H and O–H groups in total. The Labute approximate surface area is 216 Å². The predicted octanol–water partition coefficient (Wildman–Crippen LogP) is 3.65. The second-order valence-electron chi connectivity index (χ2n) is 8.08. The molecule has 1 aliphatic carbocycles. The van der Waals surface area contributed by atoms with E-state index in [4.69, 9.17) is 19.9 Å². The summed E-state index contributed by atoms with van der Waals surface area (Å²) in [6.45, 7) is 11.8. The maximum Gasteiger partial charge on any atom is 0.222 e. The standard InChI is InChI=1S/C28H41N5O3/c1-4-32-27(33-17-20-35-21-18-33)23-28(30-2)36-26-13-12-24(14-16-31-15-9-19-34-3)10-7-5-6-8-11-25(29)22-26/h5-8,10-13,22-23,31H,2,4,9,14-21,29H2,1,3H3/b6-5?,7-5+,8-6+,10-7?,11-8?,13-12-,24-10+,24-12?,25-11+,25-22?,26-13?,26-22+,28-23+,32-27+. The molecule has 0 unspecified atom stereocenters. The Morgan fingerprint density at radius 2 is 1.94 bits per heavy atom. The fraction of sp³-hybridized carbons (Fsp3) is 0.429. The van der Waals surface area contributed by atoms with Crippen LogP contribution in [0.1, 0.15) is 19.8 Å². The number of hydrogen-bond acceptors (Lipinski definition) is 7. The molecule has 0 aromatic heterocycles. The smallest absolute Gasteiger partial charge is 0.222 e. The topological polar surface area (TPSA) is 93.7 Å². The summed E-state index contributed by atoms with van der Waals surface area (Å²) in [5, 5.41) is 3.45. The number of hydrogen-bond donors (Lipinski definition) is 2. The molecule has 0 spiro atoms. The average Bonchev–Trinajstić information content (AvgIpc) is 2.89. The van der Waals surface area contributed by atoms with Gasteiger partial charge in [0.25, 0.3) is 0 Å². The number of morpholine rings is 1. The van der Waals surface area contributed by atoms with Crippen LogP contribution in [-0.2, 0) is 14.2 Å². The summed E-state index contributed by atoms with van der Waals surface area (Å²) >= 11 is 0. The molecule has 0 radical (unpaired) electrons. The van der Waals surface area contributed by atoms with E-state index in [2.05, 4.69) is 33.0 Å². The highest BCUT2D eigenvalue weighted by Gasteiger charge is 2.15. The van der Waals surface area contributed by atoms with Crippen LogP contribution in [0.3, 0.4) is 0 Å². The van der Waals surface area contributed by atoms with Crippen molar-refractivity contribution in [2.75, 3.05) is 59.7 Å². The van der Waals surface area contributed by atoms with Crippen molar-refractivity contribution >= 4 is 12.6 Å². The van der Waals surface area contributed by atoms with Crippen LogP contribution in [0.5, 0.6) is 0 Å². The summed E-state index contributed by atoms with van der Waals surface area (Å²) in [4.78, 5) is 10.9. The van der Waals surface area contributed by atoms with Crippen LogP contribution in [-0.4, -0.2) is 77.1 Å². The van der Waals surface area contributed by atoms with E-state index in [9.17, 15) is 0 Å². The second-order valence-corrected chi connectivity index (χ2v) is 8.08. The van der Waals surface area contributed by atoms with Gasteiger partial charge >= 0.3 is 0 Å². The van der Waals surface area contributed by atoms with E-state index in [1.165, 1.54) is 0 Å². The number of rotatable bonds is 12. The van der Waals surface area contributed by atoms with E-state index in [-0.39, 0.29) is 0 Å². The van der Waals surface area contributed by atoms with Gasteiger partial charge in [-0.1, -0.05) is 36.5 Å². The van der Waals surface area contributed by atoms with E-state index in [0.717, 1.165) is 57.0 Å². The van der Waals surface area contributed by atoms with Crippen molar-refractivity contribution in [1.82, 2.24) is 10.2 Å². The van der Waals surface area contributed by atoms with E-state index >= 15 is 0 Å². The highest BCUT2D eigenvalue weighted by molar-refractivity contribution is 5.93. The number of ether oxygens (including phenoxy) is 3. The van der Waals surface area contributed by atoms with Crippen LogP contribution in [0.2, 0.25) is 0 Å². The van der Waals surface area contributed by atoms with Crippen LogP contribution in [0.4, 0.5) is 0 Å². The lowest BCUT2D eigenvalue weighted by atomic mass is 10.1. The van der Waals surface area contributed by atoms with Gasteiger partial charge in [0.05, 0.1) is 13.2 Å². The number of nitrogens with one attached hydrogen (secondary N) is 1. The fourth-order valence-corrected chi connectivity index (χ4v) is 3.44. The Balaban J connectivity index is 2.20. The van der Waals surface area contributed by atoms with Crippen LogP contribution in [0.15, 0.2) is 93.7 Å². The molecule has 0 atom stereocenters. The summed E-state index contributed by atoms with van der Waals surface area (Å²) < 4.78 is 16.7. The molecular formula is C28H41N5O3. The van der Waals surface area contributed by atoms with Crippen molar-refractivity contribution < 1.29 is 14.2 Å². The molecule has 196 valence electrons. The zero-order valence-corrected chi connectivity index (χ0v) is 21.7. The largest absolute Gasteiger partial charge is 0.439 e. The molecular weight excluding hydrogens is 454 g/mol. The minimum Gasteiger partial charge on any atom is -0.439 e. The molecule has 8 heteroatoms. The predicted molar refractivity (Wildman–Crippen MR) is 149 cm³/mol. The Morgan fingerprint density at radius 3 is 2.67 bits per heavy atom. The van der Waals surface area contributed by atoms with Gasteiger partial charge in [-0.25, -0.2) is 4.99 Å². The van der Waals surface area contributed by atoms with Crippen LogP contribution in [0, 0.1) is 0 Å². The highest BCUT2D eigenvalue weighted by Crippen LogP contribution is 2.15. The molecule has 2 rings (SSSR count). The van der Waals surface area contributed by atoms with Crippen LogP contribution >= 0.6 is 0 Å². The van der Waals surface area contributed by atoms with Gasteiger partial charge in [0.1, 0.15) is 11.6 Å². The van der Waals surface area contributed by atoms with Gasteiger partial charge in [-0.15, -0.1) is 0 Å². The number of nitrogens with zero attached hydrogens (tertiary/aromatic N) is 3. The van der Waals surface area contributed by atoms with E-state index in [1.807, 2.05) is 55.5 Å². The Morgan fingerprint density at radius 1 is 1.17 bits per heavy atom. The number of nitrogens with two attached hydrogens (primary N) is 1. The lowest BCUT2D eigenvalue weighted by Gasteiger charge is -2.28. The van der Waals surface area contributed by atoms with Crippen LogP contribution < -0.4 is 11.1 Å². The third-order valence-corrected chi connectivity index (χ3v) is 5.28. The van der Waals surface area contributed by atoms with Crippen molar-refractivity contribution in [1.29, 1.82) is 0 Å². The lowest BCUT2D eigenvalue weighted by Crippen LogP contribution is -2.40. The first-order valence-electron chi connectivity index (χ1n) is 12.5. The molecule has 1 heterocycles. The number of allylic oxidation sites excluding steroid dienone is 9. The highest BCUT2D eigenvalue weighted by atomic mass is 16.5. The normalized spacial score (nSPS) is 24.6. The summed E-state index contributed by atoms with van der Waals surface area (Å²) in [6, 6.07) is 0. The zero-order chi connectivity index (χ0) is 25.8. The molecule has 36 heavy (non-hydrogen) atoms. The van der Waals surface area contributed by atoms with Gasteiger partial charge in [0, 0.05) is 51.2 Å². The van der Waals surface area contributed by atoms with Gasteiger partial charge in [0.2, 0.25) is 5.88 Å². The first-order valence-corrected chi connectivity index (χ1v) is 12.5. The molecule has 8 nitrogen and oxygen atoms in total. The molecule has 0 aromatic carbocycles. The SMILES string of the molecule is C=N/C(=C\C(=N/CC)N1CCOCC1)OC1=C/C(N)=C\C=C\C=C\C=C(CCNCCCOC)/C=C\1. The maximum atomic E-state index is 6.21. The molecule has 0 amide bonds. The Bertz CT molecular complexity index is 919. The van der Waals surface area contributed by atoms with E-state index in [1.54, 1.807) is 13.2 Å². The first-order chi connectivity index (χ1) is 17.7. The third-order valence-electron chi connectivity index (χ3n) is 5.28. The monoisotopic (exact) mass is 495 g/mol. The quantitative estimate of drug-likeness (QED) is 0.186. The molecule has 1 fully saturated rings. The average molecular weight is 496 g/mol. The minimum atomic E-state index is 0.352. The maximum absolute atomic E-state index is 6.21. The van der Waals surface area contributed by atoms with Gasteiger partial charge in [0.15, 0.2) is 0 Å². The molecule has 0 aromatic rings. The minimum absolute atomic E-state index is 0.352. The van der Waals surface area contributed by atoms with Gasteiger partial charge in [-0.05, 0) is 57.3 Å². The van der Waals surface area contributed by atoms with Crippen molar-refractivity contribution in [2.45, 2.75) is 19.8 Å². The number of methoxy groups -OCH3 is 1. The number of aliphatic imine (C=N–C) groups is 2. The molecule has 2 aliphatic rings. The third kappa shape index (κ3) is 12.0. The van der Waals surface area contributed by atoms with E-state index in [0.29, 0.717) is 37.1 Å². The van der Waals surface area contributed by atoms with E-state index < -0.39 is 0 Å². The summed E-state index contributed by atoms with van der Waals surface area (Å²) in [7, 11) is 1.72. The Kier molecular flexibility index (Phi) is 14.6. The zero-order valence-electron chi connectivity index (χ0n) is 21.7. The molecule has 1 aliphatic heterocycles. The van der Waals surface area contributed by atoms with Gasteiger partial charge in [-0.3, -0.25) is 4.99 Å². The first kappa shape index (κ1) is 29.0. The van der Waals surface area contributed by atoms with Crippen molar-refractivity contribution in [3.8, 4) is 0 Å². The Hall–Kier alpha value is -3.20. The van der Waals surface area contributed by atoms with Crippen molar-refractivity contribution in [2.24, 2.45) is 15.7 Å². The van der Waals surface area contributed by atoms with Gasteiger partial charge in [-0.2, -0.15) is 0 Å². The van der Waals surface area contributed by atoms with Crippen LogP contribution in [0.25, 0.3) is 0 Å². The molecule has 1 saturated heterocycles.